The van der Waals surface area contributed by atoms with Gasteiger partial charge in [-0.05, 0) is 43.2 Å². The van der Waals surface area contributed by atoms with Crippen molar-refractivity contribution in [3.8, 4) is 5.75 Å². The summed E-state index contributed by atoms with van der Waals surface area (Å²) in [4.78, 5) is 19.0. The highest BCUT2D eigenvalue weighted by molar-refractivity contribution is 6.32. The number of hydrogen-bond acceptors (Lipinski definition) is 4. The molecule has 0 saturated carbocycles. The Labute approximate surface area is 171 Å². The highest BCUT2D eigenvalue weighted by atomic mass is 35.5. The first-order valence-corrected chi connectivity index (χ1v) is 9.54. The Kier molecular flexibility index (Phi) is 6.97. The van der Waals surface area contributed by atoms with E-state index in [0.29, 0.717) is 18.7 Å². The number of nitrogens with zero attached hydrogens (tertiary/aromatic N) is 2. The van der Waals surface area contributed by atoms with Gasteiger partial charge in [0.25, 0.3) is 5.91 Å². The number of carbonyl (C=O) groups excluding carboxylic acids is 1. The molecule has 0 radical (unpaired) electrons. The van der Waals surface area contributed by atoms with Crippen molar-refractivity contribution in [1.82, 2.24) is 9.88 Å². The predicted molar refractivity (Wildman–Crippen MR) is 101 cm³/mol. The lowest BCUT2D eigenvalue weighted by atomic mass is 9.94. The minimum atomic E-state index is -4.70. The second-order valence-electron chi connectivity index (χ2n) is 6.63. The van der Waals surface area contributed by atoms with Gasteiger partial charge >= 0.3 is 6.36 Å². The van der Waals surface area contributed by atoms with Gasteiger partial charge in [0.05, 0.1) is 11.6 Å². The largest absolute Gasteiger partial charge is 0.522 e. The van der Waals surface area contributed by atoms with Crippen LogP contribution in [0.1, 0.15) is 34.8 Å². The summed E-state index contributed by atoms with van der Waals surface area (Å²) in [6.07, 6.45) is -1.12. The molecule has 1 amide bonds. The second kappa shape index (κ2) is 9.45. The van der Waals surface area contributed by atoms with E-state index >= 15 is 0 Å². The first-order valence-electron chi connectivity index (χ1n) is 9.17. The van der Waals surface area contributed by atoms with Crippen LogP contribution in [0.4, 0.5) is 13.2 Å². The minimum absolute atomic E-state index is 0.153. The molecular formula is C20H20ClF3N2O3. The topological polar surface area (TPSA) is 51.7 Å². The van der Waals surface area contributed by atoms with Crippen LogP contribution in [-0.2, 0) is 4.74 Å². The Morgan fingerprint density at radius 3 is 2.76 bits per heavy atom. The van der Waals surface area contributed by atoms with E-state index in [-0.39, 0.29) is 29.2 Å². The van der Waals surface area contributed by atoms with Crippen LogP contribution in [0, 0.1) is 0 Å². The first-order chi connectivity index (χ1) is 13.8. The fraction of sp³-hybridized carbons (Fsp3) is 0.400. The number of hydrogen-bond donors (Lipinski definition) is 0. The normalized spacial score (nSPS) is 17.2. The molecule has 3 rings (SSSR count). The Bertz CT molecular complexity index is 833. The smallest absolute Gasteiger partial charge is 0.490 e. The Morgan fingerprint density at radius 1 is 1.24 bits per heavy atom. The summed E-state index contributed by atoms with van der Waals surface area (Å²) < 4.78 is 44.7. The van der Waals surface area contributed by atoms with Gasteiger partial charge in [0.15, 0.2) is 0 Å². The molecule has 0 unspecified atom stereocenters. The maximum absolute atomic E-state index is 12.9. The van der Waals surface area contributed by atoms with E-state index in [2.05, 4.69) is 9.72 Å². The van der Waals surface area contributed by atoms with Gasteiger partial charge in [-0.1, -0.05) is 17.7 Å². The molecule has 1 fully saturated rings. The molecule has 2 aromatic rings. The van der Waals surface area contributed by atoms with Crippen molar-refractivity contribution in [1.29, 1.82) is 0 Å². The number of carbonyl (C=O) groups is 1. The third-order valence-corrected chi connectivity index (χ3v) is 4.90. The van der Waals surface area contributed by atoms with Gasteiger partial charge < -0.3 is 9.64 Å². The number of likely N-dealkylation sites (tertiary alicyclic amines) is 1. The van der Waals surface area contributed by atoms with Crippen LogP contribution in [-0.4, -0.2) is 48.5 Å². The Hall–Kier alpha value is -2.32. The van der Waals surface area contributed by atoms with E-state index in [1.807, 2.05) is 18.2 Å². The molecule has 0 spiro atoms. The zero-order valence-electron chi connectivity index (χ0n) is 15.5. The third-order valence-electron chi connectivity index (χ3n) is 4.60. The van der Waals surface area contributed by atoms with E-state index in [1.165, 1.54) is 12.1 Å². The zero-order chi connectivity index (χ0) is 20.9. The molecule has 5 nitrogen and oxygen atoms in total. The van der Waals surface area contributed by atoms with Crippen molar-refractivity contribution in [3.05, 3.63) is 58.9 Å². The lowest BCUT2D eigenvalue weighted by molar-refractivity contribution is -0.325. The first kappa shape index (κ1) is 21.4. The number of rotatable bonds is 6. The number of aromatic nitrogens is 1. The number of benzene rings is 1. The molecule has 1 aliphatic rings. The lowest BCUT2D eigenvalue weighted by Crippen LogP contribution is -2.39. The van der Waals surface area contributed by atoms with Crippen LogP contribution in [0.15, 0.2) is 42.6 Å². The van der Waals surface area contributed by atoms with Gasteiger partial charge in [-0.15, -0.1) is 13.2 Å². The van der Waals surface area contributed by atoms with Crippen LogP contribution in [0.5, 0.6) is 5.75 Å². The van der Waals surface area contributed by atoms with Crippen molar-refractivity contribution in [2.24, 2.45) is 0 Å². The van der Waals surface area contributed by atoms with Crippen LogP contribution in [0.2, 0.25) is 5.02 Å². The molecule has 0 aliphatic carbocycles. The summed E-state index contributed by atoms with van der Waals surface area (Å²) in [5.41, 5.74) is 1.36. The molecule has 1 aromatic heterocycles. The molecule has 156 valence electrons. The van der Waals surface area contributed by atoms with Gasteiger partial charge in [-0.2, -0.15) is 0 Å². The standard InChI is InChI=1S/C20H20ClF3N2O3/c21-16-12-14(6-7-18(16)28-10-11-29-20(22,23)24)19(27)26-9-3-4-15(13-26)17-5-1-2-8-25-17/h1-2,5-8,12,15H,3-4,9-11,13H2/t15-/m1/s1. The van der Waals surface area contributed by atoms with E-state index in [4.69, 9.17) is 16.3 Å². The third kappa shape index (κ3) is 6.08. The molecule has 1 saturated heterocycles. The number of pyridine rings is 1. The summed E-state index contributed by atoms with van der Waals surface area (Å²) >= 11 is 6.14. The average Bonchev–Trinajstić information content (AvgIpc) is 2.71. The van der Waals surface area contributed by atoms with Crippen molar-refractivity contribution >= 4 is 17.5 Å². The molecule has 1 aromatic carbocycles. The van der Waals surface area contributed by atoms with E-state index in [0.717, 1.165) is 18.5 Å². The highest BCUT2D eigenvalue weighted by Gasteiger charge is 2.29. The predicted octanol–water partition coefficient (Wildman–Crippen LogP) is 4.67. The van der Waals surface area contributed by atoms with Crippen molar-refractivity contribution in [2.75, 3.05) is 26.3 Å². The summed E-state index contributed by atoms with van der Waals surface area (Å²) in [6.45, 7) is 0.251. The molecule has 2 heterocycles. The number of halogens is 4. The van der Waals surface area contributed by atoms with Crippen LogP contribution >= 0.6 is 11.6 Å². The SMILES string of the molecule is O=C(c1ccc(OCCOC(F)(F)F)c(Cl)c1)N1CCC[C@@H](c2ccccn2)C1. The van der Waals surface area contributed by atoms with Crippen LogP contribution in [0.25, 0.3) is 0 Å². The number of piperidine rings is 1. The van der Waals surface area contributed by atoms with Crippen LogP contribution in [0.3, 0.4) is 0 Å². The van der Waals surface area contributed by atoms with Gasteiger partial charge in [0.1, 0.15) is 12.4 Å². The fourth-order valence-electron chi connectivity index (χ4n) is 3.26. The van der Waals surface area contributed by atoms with Crippen molar-refractivity contribution < 1.29 is 27.4 Å². The molecule has 1 aliphatic heterocycles. The summed E-state index contributed by atoms with van der Waals surface area (Å²) in [5.74, 6) is 0.221. The fourth-order valence-corrected chi connectivity index (χ4v) is 3.50. The van der Waals surface area contributed by atoms with Crippen molar-refractivity contribution in [2.45, 2.75) is 25.1 Å². The lowest BCUT2D eigenvalue weighted by Gasteiger charge is -2.32. The highest BCUT2D eigenvalue weighted by Crippen LogP contribution is 2.29. The second-order valence-corrected chi connectivity index (χ2v) is 7.04. The summed E-state index contributed by atoms with van der Waals surface area (Å²) in [6, 6.07) is 10.2. The average molecular weight is 429 g/mol. The van der Waals surface area contributed by atoms with Gasteiger partial charge in [0, 0.05) is 36.5 Å². The molecule has 0 bridgehead atoms. The van der Waals surface area contributed by atoms with Crippen molar-refractivity contribution in [3.63, 3.8) is 0 Å². The van der Waals surface area contributed by atoms with E-state index in [1.54, 1.807) is 17.2 Å². The van der Waals surface area contributed by atoms with E-state index in [9.17, 15) is 18.0 Å². The monoisotopic (exact) mass is 428 g/mol. The molecule has 1 atom stereocenters. The maximum atomic E-state index is 12.9. The molecule has 29 heavy (non-hydrogen) atoms. The Morgan fingerprint density at radius 2 is 2.07 bits per heavy atom. The number of ether oxygens (including phenoxy) is 2. The molecule has 0 N–H and O–H groups in total. The quantitative estimate of drug-likeness (QED) is 0.627. The van der Waals surface area contributed by atoms with Gasteiger partial charge in [-0.3, -0.25) is 14.5 Å². The van der Waals surface area contributed by atoms with Gasteiger partial charge in [-0.25, -0.2) is 0 Å². The number of alkyl halides is 3. The minimum Gasteiger partial charge on any atom is -0.490 e. The number of amides is 1. The summed E-state index contributed by atoms with van der Waals surface area (Å²) in [5, 5.41) is 0.154. The Balaban J connectivity index is 1.60. The summed E-state index contributed by atoms with van der Waals surface area (Å²) in [7, 11) is 0. The van der Waals surface area contributed by atoms with Gasteiger partial charge in [0.2, 0.25) is 0 Å². The van der Waals surface area contributed by atoms with E-state index < -0.39 is 13.0 Å². The maximum Gasteiger partial charge on any atom is 0.522 e. The molecule has 9 heteroatoms. The van der Waals surface area contributed by atoms with Crippen LogP contribution < -0.4 is 4.74 Å². The zero-order valence-corrected chi connectivity index (χ0v) is 16.2. The molecular weight excluding hydrogens is 409 g/mol.